The van der Waals surface area contributed by atoms with Crippen LogP contribution < -0.4 is 14.8 Å². The number of benzene rings is 3. The Morgan fingerprint density at radius 2 is 1.15 bits per heavy atom. The van der Waals surface area contributed by atoms with Crippen molar-refractivity contribution in [3.63, 3.8) is 0 Å². The Hall–Kier alpha value is -3.45. The van der Waals surface area contributed by atoms with Crippen molar-refractivity contribution in [2.24, 2.45) is 0 Å². The normalized spacial score (nSPS) is 13.7. The van der Waals surface area contributed by atoms with Crippen LogP contribution in [-0.4, -0.2) is 43.2 Å². The topological polar surface area (TPSA) is 50.7 Å². The molecule has 0 amide bonds. The molecule has 39 heavy (non-hydrogen) atoms. The molecule has 0 aromatic heterocycles. The highest BCUT2D eigenvalue weighted by atomic mass is 19.4. The maximum absolute atomic E-state index is 13.0. The molecule has 0 aliphatic carbocycles. The van der Waals surface area contributed by atoms with Crippen molar-refractivity contribution in [3.8, 4) is 11.5 Å². The molecular weight excluding hydrogens is 545 g/mol. The number of rotatable bonds is 10. The quantitative estimate of drug-likeness (QED) is 0.274. The van der Waals surface area contributed by atoms with E-state index in [9.17, 15) is 44.6 Å². The number of hydrogen-bond acceptors (Lipinski definition) is 4. The predicted molar refractivity (Wildman–Crippen MR) is 122 cm³/mol. The summed E-state index contributed by atoms with van der Waals surface area (Å²) in [6.45, 7) is -1.42. The standard InChI is InChI=1S/C26H22F9NO3/c27-24(28,29)22(37)15-36-16-23(14-17-6-2-1-3-7-17,18-8-4-10-20(12-18)38-25(30,31)32)19-9-5-11-21(13-19)39-26(33,34)35/h1-13,22,36-37H,14-16H2/t22-/m0/s1. The van der Waals surface area contributed by atoms with Gasteiger partial charge in [-0.05, 0) is 47.4 Å². The van der Waals surface area contributed by atoms with Crippen molar-refractivity contribution >= 4 is 0 Å². The summed E-state index contributed by atoms with van der Waals surface area (Å²) in [6, 6.07) is 17.5. The monoisotopic (exact) mass is 567 g/mol. The van der Waals surface area contributed by atoms with Gasteiger partial charge in [0.1, 0.15) is 11.5 Å². The highest BCUT2D eigenvalue weighted by Crippen LogP contribution is 2.40. The average Bonchev–Trinajstić information content (AvgIpc) is 2.81. The summed E-state index contributed by atoms with van der Waals surface area (Å²) in [5, 5.41) is 12.0. The van der Waals surface area contributed by atoms with Gasteiger partial charge in [-0.15, -0.1) is 26.3 Å². The number of alkyl halides is 9. The van der Waals surface area contributed by atoms with Crippen LogP contribution in [0.4, 0.5) is 39.5 Å². The lowest BCUT2D eigenvalue weighted by Crippen LogP contribution is -2.46. The van der Waals surface area contributed by atoms with E-state index in [0.717, 1.165) is 24.3 Å². The van der Waals surface area contributed by atoms with E-state index >= 15 is 0 Å². The van der Waals surface area contributed by atoms with Gasteiger partial charge in [0.2, 0.25) is 0 Å². The van der Waals surface area contributed by atoms with E-state index < -0.39 is 55.0 Å². The third-order valence-corrected chi connectivity index (χ3v) is 5.73. The predicted octanol–water partition coefficient (Wildman–Crippen LogP) is 6.53. The Balaban J connectivity index is 2.18. The van der Waals surface area contributed by atoms with E-state index in [2.05, 4.69) is 14.8 Å². The summed E-state index contributed by atoms with van der Waals surface area (Å²) in [4.78, 5) is 0. The molecule has 0 saturated carbocycles. The summed E-state index contributed by atoms with van der Waals surface area (Å²) in [5.74, 6) is -1.29. The lowest BCUT2D eigenvalue weighted by Gasteiger charge is -2.37. The molecule has 0 saturated heterocycles. The second kappa shape index (κ2) is 11.7. The van der Waals surface area contributed by atoms with Crippen LogP contribution in [0.25, 0.3) is 0 Å². The third-order valence-electron chi connectivity index (χ3n) is 5.73. The van der Waals surface area contributed by atoms with Crippen LogP contribution in [0.5, 0.6) is 11.5 Å². The smallest absolute Gasteiger partial charge is 0.406 e. The molecule has 0 aliphatic rings. The molecule has 3 aromatic carbocycles. The molecule has 0 bridgehead atoms. The van der Waals surface area contributed by atoms with E-state index in [4.69, 9.17) is 0 Å². The van der Waals surface area contributed by atoms with Gasteiger partial charge in [0, 0.05) is 18.5 Å². The summed E-state index contributed by atoms with van der Waals surface area (Å²) in [7, 11) is 0. The first-order valence-electron chi connectivity index (χ1n) is 11.3. The second-order valence-electron chi connectivity index (χ2n) is 8.58. The molecule has 212 valence electrons. The number of aliphatic hydroxyl groups excluding tert-OH is 1. The molecule has 13 heteroatoms. The molecule has 0 spiro atoms. The van der Waals surface area contributed by atoms with Gasteiger partial charge in [0.25, 0.3) is 0 Å². The third kappa shape index (κ3) is 8.79. The Kier molecular flexibility index (Phi) is 9.06. The van der Waals surface area contributed by atoms with Crippen LogP contribution in [0.2, 0.25) is 0 Å². The SMILES string of the molecule is O[C@@H](CNCC(Cc1ccccc1)(c1cccc(OC(F)(F)F)c1)c1cccc(OC(F)(F)F)c1)C(F)(F)F. The number of hydrogen-bond donors (Lipinski definition) is 2. The van der Waals surface area contributed by atoms with E-state index in [0.29, 0.717) is 5.56 Å². The van der Waals surface area contributed by atoms with Crippen molar-refractivity contribution in [2.45, 2.75) is 36.8 Å². The van der Waals surface area contributed by atoms with Crippen LogP contribution in [0.1, 0.15) is 16.7 Å². The van der Waals surface area contributed by atoms with Gasteiger partial charge in [-0.1, -0.05) is 54.6 Å². The van der Waals surface area contributed by atoms with Crippen LogP contribution in [0.15, 0.2) is 78.9 Å². The van der Waals surface area contributed by atoms with E-state index in [1.165, 1.54) is 24.3 Å². The Morgan fingerprint density at radius 3 is 1.59 bits per heavy atom. The molecule has 0 heterocycles. The molecule has 3 rings (SSSR count). The minimum absolute atomic E-state index is 0.0755. The number of ether oxygens (including phenoxy) is 2. The van der Waals surface area contributed by atoms with E-state index in [1.54, 1.807) is 30.3 Å². The van der Waals surface area contributed by atoms with Crippen molar-refractivity contribution in [3.05, 3.63) is 95.6 Å². The van der Waals surface area contributed by atoms with Gasteiger partial charge < -0.3 is 19.9 Å². The fourth-order valence-corrected chi connectivity index (χ4v) is 4.10. The number of halogens is 9. The van der Waals surface area contributed by atoms with Crippen molar-refractivity contribution in [1.82, 2.24) is 5.32 Å². The maximum Gasteiger partial charge on any atom is 0.573 e. The van der Waals surface area contributed by atoms with Gasteiger partial charge in [-0.2, -0.15) is 13.2 Å². The van der Waals surface area contributed by atoms with Crippen molar-refractivity contribution < 1.29 is 54.1 Å². The van der Waals surface area contributed by atoms with Crippen LogP contribution in [-0.2, 0) is 11.8 Å². The average molecular weight is 567 g/mol. The molecule has 1 atom stereocenters. The molecule has 2 N–H and O–H groups in total. The summed E-state index contributed by atoms with van der Waals surface area (Å²) >= 11 is 0. The van der Waals surface area contributed by atoms with Gasteiger partial charge >= 0.3 is 18.9 Å². The van der Waals surface area contributed by atoms with Crippen molar-refractivity contribution in [2.75, 3.05) is 13.1 Å². The number of nitrogens with one attached hydrogen (secondary N) is 1. The summed E-state index contributed by atoms with van der Waals surface area (Å²) < 4.78 is 125. The van der Waals surface area contributed by atoms with Gasteiger partial charge in [-0.3, -0.25) is 0 Å². The highest BCUT2D eigenvalue weighted by molar-refractivity contribution is 5.47. The molecule has 0 unspecified atom stereocenters. The lowest BCUT2D eigenvalue weighted by molar-refractivity contribution is -0.275. The second-order valence-corrected chi connectivity index (χ2v) is 8.58. The van der Waals surface area contributed by atoms with Gasteiger partial charge in [-0.25, -0.2) is 0 Å². The maximum atomic E-state index is 13.0. The Bertz CT molecular complexity index is 1150. The summed E-state index contributed by atoms with van der Waals surface area (Å²) in [5.41, 5.74) is -0.805. The minimum atomic E-state index is -5.06. The zero-order valence-corrected chi connectivity index (χ0v) is 19.9. The van der Waals surface area contributed by atoms with E-state index in [-0.39, 0.29) is 17.5 Å². The summed E-state index contributed by atoms with van der Waals surface area (Å²) in [6.07, 6.45) is -17.9. The zero-order valence-electron chi connectivity index (χ0n) is 19.9. The fourth-order valence-electron chi connectivity index (χ4n) is 4.10. The highest BCUT2D eigenvalue weighted by Gasteiger charge is 2.41. The van der Waals surface area contributed by atoms with Crippen LogP contribution >= 0.6 is 0 Å². The first-order valence-corrected chi connectivity index (χ1v) is 11.3. The molecule has 0 fully saturated rings. The van der Waals surface area contributed by atoms with Gasteiger partial charge in [0.15, 0.2) is 6.10 Å². The molecular formula is C26H22F9NO3. The Labute approximate surface area is 217 Å². The zero-order chi connectivity index (χ0) is 28.9. The van der Waals surface area contributed by atoms with Gasteiger partial charge in [0.05, 0.1) is 0 Å². The largest absolute Gasteiger partial charge is 0.573 e. The molecule has 0 radical (unpaired) electrons. The first-order chi connectivity index (χ1) is 18.1. The minimum Gasteiger partial charge on any atom is -0.406 e. The fraction of sp³-hybridized carbons (Fsp3) is 0.308. The van der Waals surface area contributed by atoms with Crippen LogP contribution in [0.3, 0.4) is 0 Å². The molecule has 0 aliphatic heterocycles. The molecule has 3 aromatic rings. The van der Waals surface area contributed by atoms with Crippen LogP contribution in [0, 0.1) is 0 Å². The molecule has 4 nitrogen and oxygen atoms in total. The van der Waals surface area contributed by atoms with E-state index in [1.807, 2.05) is 0 Å². The lowest BCUT2D eigenvalue weighted by atomic mass is 9.70. The first kappa shape index (κ1) is 30.1. The van der Waals surface area contributed by atoms with Crippen molar-refractivity contribution in [1.29, 1.82) is 0 Å². The Morgan fingerprint density at radius 1 is 0.667 bits per heavy atom. The number of aliphatic hydroxyl groups is 1.